The predicted octanol–water partition coefficient (Wildman–Crippen LogP) is 6.96. The first-order chi connectivity index (χ1) is 14.2. The van der Waals surface area contributed by atoms with Crippen LogP contribution in [0.25, 0.3) is 6.08 Å². The van der Waals surface area contributed by atoms with Crippen molar-refractivity contribution in [2.45, 2.75) is 50.9 Å². The van der Waals surface area contributed by atoms with Gasteiger partial charge in [0, 0.05) is 10.0 Å². The van der Waals surface area contributed by atoms with Gasteiger partial charge in [0.05, 0.1) is 0 Å². The molecule has 2 rings (SSSR count). The second-order valence-corrected chi connectivity index (χ2v) is 12.9. The average molecular weight is 496 g/mol. The minimum absolute atomic E-state index is 0.199. The zero-order valence-corrected chi connectivity index (χ0v) is 20.1. The minimum atomic E-state index is -3.28. The number of carbonyl (C=O) groups is 1. The number of halogens is 3. The molecule has 2 N–H and O–H groups in total. The fourth-order valence-electron chi connectivity index (χ4n) is 3.41. The first-order valence-electron chi connectivity index (χ1n) is 10.1. The Kier molecular flexibility index (Phi) is 8.52. The Balaban J connectivity index is 2.48. The van der Waals surface area contributed by atoms with Crippen molar-refractivity contribution in [3.8, 4) is 0 Å². The van der Waals surface area contributed by atoms with Crippen LogP contribution in [0.1, 0.15) is 48.4 Å². The molecule has 2 aromatic carbocycles. The van der Waals surface area contributed by atoms with Crippen LogP contribution in [0.3, 0.4) is 0 Å². The standard InChI is InChI=1S/C23H28BrF2NO2Si/c1-4-30(5-2,6-3)29-21(18-11-13-19(24)14-12-18)23(25,26)16-15-17-9-7-8-10-20(17)22(27)28/h7-16,21H,4-6H2,1-3H3,(H2,27,28)/b16-15+. The molecule has 0 saturated carbocycles. The zero-order chi connectivity index (χ0) is 22.4. The minimum Gasteiger partial charge on any atom is -0.404 e. The first kappa shape index (κ1) is 24.4. The monoisotopic (exact) mass is 495 g/mol. The van der Waals surface area contributed by atoms with E-state index in [1.807, 2.05) is 20.8 Å². The average Bonchev–Trinajstić information content (AvgIpc) is 2.74. The summed E-state index contributed by atoms with van der Waals surface area (Å²) >= 11 is 3.35. The van der Waals surface area contributed by atoms with Gasteiger partial charge in [-0.25, -0.2) is 0 Å². The van der Waals surface area contributed by atoms with Gasteiger partial charge in [0.2, 0.25) is 5.91 Å². The van der Waals surface area contributed by atoms with E-state index in [9.17, 15) is 4.79 Å². The summed E-state index contributed by atoms with van der Waals surface area (Å²) in [6.45, 7) is 6.03. The molecule has 162 valence electrons. The first-order valence-corrected chi connectivity index (χ1v) is 13.4. The molecule has 7 heteroatoms. The molecular formula is C23H28BrF2NO2Si. The van der Waals surface area contributed by atoms with Crippen LogP contribution in [-0.4, -0.2) is 20.1 Å². The molecule has 1 atom stereocenters. The smallest absolute Gasteiger partial charge is 0.295 e. The van der Waals surface area contributed by atoms with Crippen molar-refractivity contribution in [3.63, 3.8) is 0 Å². The molecule has 1 unspecified atom stereocenters. The molecule has 0 bridgehead atoms. The number of carbonyl (C=O) groups excluding carboxylic acids is 1. The van der Waals surface area contributed by atoms with Crippen LogP contribution in [0, 0.1) is 0 Å². The lowest BCUT2D eigenvalue weighted by Crippen LogP contribution is -2.41. The van der Waals surface area contributed by atoms with Gasteiger partial charge in [-0.3, -0.25) is 4.79 Å². The lowest BCUT2D eigenvalue weighted by atomic mass is 10.0. The van der Waals surface area contributed by atoms with E-state index < -0.39 is 26.3 Å². The lowest BCUT2D eigenvalue weighted by molar-refractivity contribution is -0.0627. The molecule has 0 fully saturated rings. The molecular weight excluding hydrogens is 468 g/mol. The fourth-order valence-corrected chi connectivity index (χ4v) is 6.47. The van der Waals surface area contributed by atoms with Crippen molar-refractivity contribution in [1.82, 2.24) is 0 Å². The van der Waals surface area contributed by atoms with Gasteiger partial charge in [0.25, 0.3) is 5.92 Å². The molecule has 2 aromatic rings. The van der Waals surface area contributed by atoms with Crippen molar-refractivity contribution in [3.05, 3.63) is 75.8 Å². The van der Waals surface area contributed by atoms with Gasteiger partial charge in [-0.2, -0.15) is 8.78 Å². The number of hydrogen-bond donors (Lipinski definition) is 1. The van der Waals surface area contributed by atoms with Crippen LogP contribution in [0.2, 0.25) is 18.1 Å². The number of rotatable bonds is 10. The number of nitrogens with two attached hydrogens (primary N) is 1. The molecule has 0 aliphatic carbocycles. The van der Waals surface area contributed by atoms with Crippen molar-refractivity contribution in [1.29, 1.82) is 0 Å². The summed E-state index contributed by atoms with van der Waals surface area (Å²) in [6.07, 6.45) is 0.665. The van der Waals surface area contributed by atoms with Crippen LogP contribution in [0.15, 0.2) is 59.1 Å². The summed E-state index contributed by atoms with van der Waals surface area (Å²) in [5.41, 5.74) is 6.34. The molecule has 0 saturated heterocycles. The van der Waals surface area contributed by atoms with E-state index in [4.69, 9.17) is 10.2 Å². The number of benzene rings is 2. The van der Waals surface area contributed by atoms with Crippen LogP contribution >= 0.6 is 15.9 Å². The predicted molar refractivity (Wildman–Crippen MR) is 124 cm³/mol. The van der Waals surface area contributed by atoms with Crippen molar-refractivity contribution in [2.24, 2.45) is 5.73 Å². The Hall–Kier alpha value is -1.83. The number of amides is 1. The molecule has 0 radical (unpaired) electrons. The maximum atomic E-state index is 15.5. The summed E-state index contributed by atoms with van der Waals surface area (Å²) < 4.78 is 38.1. The van der Waals surface area contributed by atoms with Gasteiger partial charge in [0.1, 0.15) is 6.10 Å². The number of alkyl halides is 2. The summed E-state index contributed by atoms with van der Waals surface area (Å²) in [5.74, 6) is -3.94. The topological polar surface area (TPSA) is 52.3 Å². The molecule has 0 aliphatic rings. The van der Waals surface area contributed by atoms with E-state index in [-0.39, 0.29) is 5.56 Å². The van der Waals surface area contributed by atoms with E-state index in [0.29, 0.717) is 11.1 Å². The Morgan fingerprint density at radius 2 is 1.67 bits per heavy atom. The Morgan fingerprint density at radius 3 is 2.20 bits per heavy atom. The number of primary amides is 1. The molecule has 1 amide bonds. The molecule has 0 spiro atoms. The highest BCUT2D eigenvalue weighted by atomic mass is 79.9. The van der Waals surface area contributed by atoms with Gasteiger partial charge in [0.15, 0.2) is 8.32 Å². The zero-order valence-electron chi connectivity index (χ0n) is 17.5. The Labute approximate surface area is 186 Å². The SMILES string of the molecule is CC[Si](CC)(CC)OC(c1ccc(Br)cc1)C(F)(F)/C=C/c1ccccc1C(N)=O. The third-order valence-corrected chi connectivity index (χ3v) is 10.7. The second kappa shape index (κ2) is 10.5. The molecule has 3 nitrogen and oxygen atoms in total. The van der Waals surface area contributed by atoms with E-state index >= 15 is 8.78 Å². The van der Waals surface area contributed by atoms with Gasteiger partial charge < -0.3 is 10.2 Å². The van der Waals surface area contributed by atoms with Crippen LogP contribution in [0.4, 0.5) is 8.78 Å². The fraction of sp³-hybridized carbons (Fsp3) is 0.348. The lowest BCUT2D eigenvalue weighted by Gasteiger charge is -2.36. The summed E-state index contributed by atoms with van der Waals surface area (Å²) in [4.78, 5) is 11.6. The highest BCUT2D eigenvalue weighted by molar-refractivity contribution is 9.10. The van der Waals surface area contributed by atoms with E-state index in [1.54, 1.807) is 42.5 Å². The van der Waals surface area contributed by atoms with E-state index in [1.165, 1.54) is 12.1 Å². The van der Waals surface area contributed by atoms with E-state index in [2.05, 4.69) is 15.9 Å². The summed E-state index contributed by atoms with van der Waals surface area (Å²) in [6, 6.07) is 15.5. The highest BCUT2D eigenvalue weighted by Gasteiger charge is 2.44. The van der Waals surface area contributed by atoms with Crippen molar-refractivity contribution < 1.29 is 18.0 Å². The second-order valence-electron chi connectivity index (χ2n) is 7.25. The Morgan fingerprint density at radius 1 is 1.10 bits per heavy atom. The van der Waals surface area contributed by atoms with E-state index in [0.717, 1.165) is 28.7 Å². The number of hydrogen-bond acceptors (Lipinski definition) is 2. The maximum absolute atomic E-state index is 15.5. The highest BCUT2D eigenvalue weighted by Crippen LogP contribution is 2.41. The normalized spacial score (nSPS) is 13.5. The van der Waals surface area contributed by atoms with Gasteiger partial charge in [-0.05, 0) is 53.5 Å². The third kappa shape index (κ3) is 5.86. The van der Waals surface area contributed by atoms with Crippen LogP contribution in [-0.2, 0) is 4.43 Å². The van der Waals surface area contributed by atoms with Gasteiger partial charge >= 0.3 is 0 Å². The summed E-state index contributed by atoms with van der Waals surface area (Å²) in [5, 5.41) is 0. The molecule has 0 aromatic heterocycles. The third-order valence-electron chi connectivity index (χ3n) is 5.53. The van der Waals surface area contributed by atoms with Crippen LogP contribution < -0.4 is 5.73 Å². The molecule has 0 aliphatic heterocycles. The van der Waals surface area contributed by atoms with Crippen molar-refractivity contribution in [2.75, 3.05) is 0 Å². The molecule has 0 heterocycles. The largest absolute Gasteiger partial charge is 0.404 e. The summed E-state index contributed by atoms with van der Waals surface area (Å²) in [7, 11) is -2.32. The maximum Gasteiger partial charge on any atom is 0.295 e. The van der Waals surface area contributed by atoms with Crippen molar-refractivity contribution >= 4 is 36.2 Å². The quantitative estimate of drug-likeness (QED) is 0.362. The molecule has 30 heavy (non-hydrogen) atoms. The van der Waals surface area contributed by atoms with Gasteiger partial charge in [-0.1, -0.05) is 73.1 Å². The van der Waals surface area contributed by atoms with Gasteiger partial charge in [-0.15, -0.1) is 0 Å². The Bertz CT molecular complexity index is 875. The van der Waals surface area contributed by atoms with Crippen LogP contribution in [0.5, 0.6) is 0 Å².